The van der Waals surface area contributed by atoms with Gasteiger partial charge in [-0.05, 0) is 89.9 Å². The van der Waals surface area contributed by atoms with Crippen molar-refractivity contribution in [2.75, 3.05) is 19.8 Å². The first-order valence-corrected chi connectivity index (χ1v) is 20.8. The molecule has 0 aromatic heterocycles. The third kappa shape index (κ3) is 39.6. The van der Waals surface area contributed by atoms with E-state index in [1.165, 1.54) is 12.8 Å². The van der Waals surface area contributed by atoms with Crippen molar-refractivity contribution in [3.05, 3.63) is 97.2 Å². The van der Waals surface area contributed by atoms with Crippen molar-refractivity contribution in [3.63, 3.8) is 0 Å². The molecule has 0 heterocycles. The highest BCUT2D eigenvalue weighted by Crippen LogP contribution is 2.10. The first kappa shape index (κ1) is 48.8. The Balaban J connectivity index is 4.24. The zero-order valence-corrected chi connectivity index (χ0v) is 33.5. The Morgan fingerprint density at radius 3 is 1.37 bits per heavy atom. The molecule has 0 saturated heterocycles. The summed E-state index contributed by atoms with van der Waals surface area (Å²) in [4.78, 5) is 24.9. The minimum absolute atomic E-state index is 0.0447. The molecule has 0 aromatic rings. The van der Waals surface area contributed by atoms with Crippen LogP contribution in [0.1, 0.15) is 162 Å². The Bertz CT molecular complexity index is 1040. The van der Waals surface area contributed by atoms with E-state index in [4.69, 9.17) is 14.2 Å². The molecule has 0 saturated carbocycles. The normalized spacial score (nSPS) is 13.2. The minimum atomic E-state index is -0.574. The van der Waals surface area contributed by atoms with Crippen LogP contribution in [0.5, 0.6) is 0 Å². The summed E-state index contributed by atoms with van der Waals surface area (Å²) < 4.78 is 17.1. The molecule has 52 heavy (non-hydrogen) atoms. The number of carbonyl (C=O) groups excluding carboxylic acids is 2. The monoisotopic (exact) mass is 721 g/mol. The summed E-state index contributed by atoms with van der Waals surface area (Å²) in [6.07, 6.45) is 55.8. The molecule has 0 fully saturated rings. The van der Waals surface area contributed by atoms with Gasteiger partial charge in [0, 0.05) is 19.4 Å². The summed E-state index contributed by atoms with van der Waals surface area (Å²) in [5.74, 6) is -0.479. The van der Waals surface area contributed by atoms with Gasteiger partial charge >= 0.3 is 11.9 Å². The van der Waals surface area contributed by atoms with Gasteiger partial charge in [-0.15, -0.1) is 0 Å². The van der Waals surface area contributed by atoms with E-state index in [1.54, 1.807) is 0 Å². The van der Waals surface area contributed by atoms with Crippen molar-refractivity contribution < 1.29 is 23.8 Å². The maximum atomic E-state index is 12.5. The van der Waals surface area contributed by atoms with Gasteiger partial charge in [0.1, 0.15) is 6.61 Å². The summed E-state index contributed by atoms with van der Waals surface area (Å²) >= 11 is 0. The van der Waals surface area contributed by atoms with Gasteiger partial charge in [-0.3, -0.25) is 9.59 Å². The Hall–Kier alpha value is -3.18. The summed E-state index contributed by atoms with van der Waals surface area (Å²) in [6.45, 7) is 7.33. The topological polar surface area (TPSA) is 61.8 Å². The van der Waals surface area contributed by atoms with Crippen LogP contribution in [0.25, 0.3) is 0 Å². The third-order valence-corrected chi connectivity index (χ3v) is 8.12. The second-order valence-corrected chi connectivity index (χ2v) is 13.1. The number of hydrogen-bond donors (Lipinski definition) is 0. The van der Waals surface area contributed by atoms with Crippen molar-refractivity contribution in [3.8, 4) is 0 Å². The highest BCUT2D eigenvalue weighted by molar-refractivity contribution is 5.70. The van der Waals surface area contributed by atoms with Crippen LogP contribution in [0, 0.1) is 0 Å². The molecule has 1 atom stereocenters. The number of esters is 2. The molecule has 0 radical (unpaired) electrons. The number of unbranched alkanes of at least 4 members (excludes halogenated alkanes) is 9. The van der Waals surface area contributed by atoms with Crippen LogP contribution in [-0.4, -0.2) is 37.9 Å². The van der Waals surface area contributed by atoms with Crippen LogP contribution in [0.4, 0.5) is 0 Å². The van der Waals surface area contributed by atoms with E-state index in [0.717, 1.165) is 116 Å². The lowest BCUT2D eigenvalue weighted by Gasteiger charge is -2.18. The molecule has 5 nitrogen and oxygen atoms in total. The molecular weight excluding hydrogens is 645 g/mol. The minimum Gasteiger partial charge on any atom is -0.462 e. The molecule has 0 aliphatic heterocycles. The lowest BCUT2D eigenvalue weighted by atomic mass is 10.1. The van der Waals surface area contributed by atoms with E-state index >= 15 is 0 Å². The maximum absolute atomic E-state index is 12.5. The zero-order valence-electron chi connectivity index (χ0n) is 33.5. The average Bonchev–Trinajstić information content (AvgIpc) is 3.14. The fraction of sp³-hybridized carbons (Fsp3) is 0.617. The Morgan fingerprint density at radius 1 is 0.442 bits per heavy atom. The van der Waals surface area contributed by atoms with Gasteiger partial charge in [-0.1, -0.05) is 157 Å². The molecule has 0 N–H and O–H groups in total. The SMILES string of the molecule is CC/C=C\C/C=C\C/C=C\C/C=C\CCCCCCC(=O)OCC(COCCC/C=C\C/C=C\C/C=C\C/C=C\CC)OC(=O)CCCCCCC. The molecular formula is C47H76O5. The fourth-order valence-electron chi connectivity index (χ4n) is 5.09. The van der Waals surface area contributed by atoms with Crippen LogP contribution in [0.15, 0.2) is 97.2 Å². The Kier molecular flexibility index (Phi) is 39.7. The van der Waals surface area contributed by atoms with E-state index in [0.29, 0.717) is 19.4 Å². The molecule has 5 heteroatoms. The fourth-order valence-corrected chi connectivity index (χ4v) is 5.09. The first-order valence-electron chi connectivity index (χ1n) is 20.8. The largest absolute Gasteiger partial charge is 0.462 e. The molecule has 294 valence electrons. The smallest absolute Gasteiger partial charge is 0.306 e. The quantitative estimate of drug-likeness (QED) is 0.0366. The second kappa shape index (κ2) is 42.2. The molecule has 0 rings (SSSR count). The van der Waals surface area contributed by atoms with Crippen LogP contribution >= 0.6 is 0 Å². The van der Waals surface area contributed by atoms with Gasteiger partial charge < -0.3 is 14.2 Å². The predicted octanol–water partition coefficient (Wildman–Crippen LogP) is 13.5. The molecule has 0 bridgehead atoms. The van der Waals surface area contributed by atoms with E-state index in [9.17, 15) is 9.59 Å². The zero-order chi connectivity index (χ0) is 37.8. The average molecular weight is 721 g/mol. The van der Waals surface area contributed by atoms with Crippen molar-refractivity contribution in [1.82, 2.24) is 0 Å². The first-order chi connectivity index (χ1) is 25.6. The van der Waals surface area contributed by atoms with E-state index in [2.05, 4.69) is 118 Å². The van der Waals surface area contributed by atoms with Crippen LogP contribution in [0.3, 0.4) is 0 Å². The molecule has 0 amide bonds. The Labute approximate surface area is 320 Å². The number of rotatable bonds is 36. The number of hydrogen-bond acceptors (Lipinski definition) is 5. The summed E-state index contributed by atoms with van der Waals surface area (Å²) in [5, 5.41) is 0. The van der Waals surface area contributed by atoms with E-state index in [-0.39, 0.29) is 25.2 Å². The summed E-state index contributed by atoms with van der Waals surface area (Å²) in [5.41, 5.74) is 0. The number of ether oxygens (including phenoxy) is 3. The number of carbonyl (C=O) groups is 2. The molecule has 0 aliphatic rings. The highest BCUT2D eigenvalue weighted by Gasteiger charge is 2.17. The highest BCUT2D eigenvalue weighted by atomic mass is 16.6. The van der Waals surface area contributed by atoms with Crippen molar-refractivity contribution in [1.29, 1.82) is 0 Å². The molecule has 1 unspecified atom stereocenters. The van der Waals surface area contributed by atoms with E-state index in [1.807, 2.05) is 0 Å². The van der Waals surface area contributed by atoms with Gasteiger partial charge in [-0.2, -0.15) is 0 Å². The van der Waals surface area contributed by atoms with Crippen LogP contribution in [0.2, 0.25) is 0 Å². The molecule has 0 spiro atoms. The van der Waals surface area contributed by atoms with Gasteiger partial charge in [-0.25, -0.2) is 0 Å². The number of allylic oxidation sites excluding steroid dienone is 16. The van der Waals surface area contributed by atoms with Gasteiger partial charge in [0.2, 0.25) is 0 Å². The summed E-state index contributed by atoms with van der Waals surface area (Å²) in [6, 6.07) is 0. The van der Waals surface area contributed by atoms with Crippen LogP contribution < -0.4 is 0 Å². The molecule has 0 aliphatic carbocycles. The van der Waals surface area contributed by atoms with Gasteiger partial charge in [0.25, 0.3) is 0 Å². The van der Waals surface area contributed by atoms with Crippen molar-refractivity contribution in [2.24, 2.45) is 0 Å². The van der Waals surface area contributed by atoms with Gasteiger partial charge in [0.15, 0.2) is 6.10 Å². The second-order valence-electron chi connectivity index (χ2n) is 13.1. The maximum Gasteiger partial charge on any atom is 0.306 e. The van der Waals surface area contributed by atoms with E-state index < -0.39 is 6.10 Å². The third-order valence-electron chi connectivity index (χ3n) is 8.12. The van der Waals surface area contributed by atoms with Crippen molar-refractivity contribution in [2.45, 2.75) is 168 Å². The predicted molar refractivity (Wildman–Crippen MR) is 223 cm³/mol. The lowest BCUT2D eigenvalue weighted by molar-refractivity contribution is -0.163. The Morgan fingerprint density at radius 2 is 0.865 bits per heavy atom. The van der Waals surface area contributed by atoms with Crippen LogP contribution in [-0.2, 0) is 23.8 Å². The van der Waals surface area contributed by atoms with Crippen molar-refractivity contribution >= 4 is 11.9 Å². The summed E-state index contributed by atoms with van der Waals surface area (Å²) in [7, 11) is 0. The van der Waals surface area contributed by atoms with Gasteiger partial charge in [0.05, 0.1) is 6.61 Å². The standard InChI is InChI=1S/C47H76O5/c1-4-7-10-13-15-17-19-21-23-24-25-26-28-30-32-35-37-40-46(48)51-44-45(52-47(49)41-38-34-12-9-6-3)43-50-42-39-36-33-31-29-27-22-20-18-16-14-11-8-5-2/h7-8,10-11,15-18,21-23,25-27,31,33,45H,4-6,9,12-14,19-20,24,28-30,32,34-44H2,1-3H3/b10-7-,11-8-,17-15-,18-16-,23-21-,26-25-,27-22-,33-31-. The molecule has 0 aromatic carbocycles. The lowest BCUT2D eigenvalue weighted by Crippen LogP contribution is -2.30.